The lowest BCUT2D eigenvalue weighted by Crippen LogP contribution is -2.26. The van der Waals surface area contributed by atoms with Crippen molar-refractivity contribution >= 4 is 21.6 Å². The molecule has 1 atom stereocenters. The summed E-state index contributed by atoms with van der Waals surface area (Å²) in [6, 6.07) is 2.48. The first-order chi connectivity index (χ1) is 11.7. The molecule has 0 spiro atoms. The first kappa shape index (κ1) is 20.4. The van der Waals surface area contributed by atoms with E-state index < -0.39 is 31.7 Å². The standard InChI is InChI=1S/C15H19ClF3NO4S/c16-14-5-4-12(9-13(14)15(17,18)19)25(21,22)20-6-2-7-23-10-11-3-1-8-24-11/h4-5,9,11,20H,1-3,6-8,10H2. The number of rotatable bonds is 8. The molecule has 0 aromatic heterocycles. The molecular formula is C15H19ClF3NO4S. The molecule has 142 valence electrons. The Kier molecular flexibility index (Phi) is 7.10. The van der Waals surface area contributed by atoms with Crippen LogP contribution in [-0.2, 0) is 25.7 Å². The minimum Gasteiger partial charge on any atom is -0.379 e. The van der Waals surface area contributed by atoms with E-state index >= 15 is 0 Å². The molecule has 0 bridgehead atoms. The lowest BCUT2D eigenvalue weighted by atomic mass is 10.2. The van der Waals surface area contributed by atoms with Gasteiger partial charge in [0.1, 0.15) is 0 Å². The summed E-state index contributed by atoms with van der Waals surface area (Å²) in [7, 11) is -4.05. The summed E-state index contributed by atoms with van der Waals surface area (Å²) in [5.74, 6) is 0. The average molecular weight is 402 g/mol. The van der Waals surface area contributed by atoms with Crippen molar-refractivity contribution in [3.63, 3.8) is 0 Å². The van der Waals surface area contributed by atoms with Crippen LogP contribution in [0.5, 0.6) is 0 Å². The fourth-order valence-electron chi connectivity index (χ4n) is 2.34. The zero-order valence-corrected chi connectivity index (χ0v) is 14.9. The van der Waals surface area contributed by atoms with Crippen molar-refractivity contribution in [2.24, 2.45) is 0 Å². The van der Waals surface area contributed by atoms with Crippen LogP contribution in [0.15, 0.2) is 23.1 Å². The monoisotopic (exact) mass is 401 g/mol. The van der Waals surface area contributed by atoms with E-state index in [0.29, 0.717) is 25.7 Å². The minimum atomic E-state index is -4.72. The SMILES string of the molecule is O=S(=O)(NCCCOCC1CCCO1)c1ccc(Cl)c(C(F)(F)F)c1. The van der Waals surface area contributed by atoms with Gasteiger partial charge in [0, 0.05) is 19.8 Å². The maximum atomic E-state index is 12.8. The Morgan fingerprint density at radius 2 is 2.12 bits per heavy atom. The van der Waals surface area contributed by atoms with Gasteiger partial charge in [0.15, 0.2) is 0 Å². The third kappa shape index (κ3) is 6.10. The molecular weight excluding hydrogens is 383 g/mol. The highest BCUT2D eigenvalue weighted by atomic mass is 35.5. The number of ether oxygens (including phenoxy) is 2. The lowest BCUT2D eigenvalue weighted by molar-refractivity contribution is -0.137. The molecule has 1 aliphatic rings. The Balaban J connectivity index is 1.82. The van der Waals surface area contributed by atoms with Crippen LogP contribution in [-0.4, -0.2) is 40.9 Å². The van der Waals surface area contributed by atoms with Gasteiger partial charge in [-0.1, -0.05) is 11.6 Å². The van der Waals surface area contributed by atoms with Gasteiger partial charge in [0.25, 0.3) is 0 Å². The molecule has 1 aliphatic heterocycles. The van der Waals surface area contributed by atoms with Crippen molar-refractivity contribution in [3.8, 4) is 0 Å². The summed E-state index contributed by atoms with van der Waals surface area (Å²) >= 11 is 5.48. The smallest absolute Gasteiger partial charge is 0.379 e. The second-order valence-corrected chi connectivity index (χ2v) is 7.77. The molecule has 25 heavy (non-hydrogen) atoms. The Bertz CT molecular complexity index is 676. The van der Waals surface area contributed by atoms with E-state index in [0.717, 1.165) is 31.6 Å². The highest BCUT2D eigenvalue weighted by molar-refractivity contribution is 7.89. The summed E-state index contributed by atoms with van der Waals surface area (Å²) in [5, 5.41) is -0.547. The number of benzene rings is 1. The van der Waals surface area contributed by atoms with Crippen LogP contribution in [0, 0.1) is 0 Å². The third-order valence-electron chi connectivity index (χ3n) is 3.64. The summed E-state index contributed by atoms with van der Waals surface area (Å²) < 4.78 is 75.6. The Morgan fingerprint density at radius 3 is 2.76 bits per heavy atom. The van der Waals surface area contributed by atoms with Gasteiger partial charge < -0.3 is 9.47 Å². The summed E-state index contributed by atoms with van der Waals surface area (Å²) in [6.07, 6.45) is -2.28. The van der Waals surface area contributed by atoms with Crippen molar-refractivity contribution < 1.29 is 31.1 Å². The van der Waals surface area contributed by atoms with Gasteiger partial charge in [-0.25, -0.2) is 13.1 Å². The average Bonchev–Trinajstić information content (AvgIpc) is 3.03. The van der Waals surface area contributed by atoms with Crippen molar-refractivity contribution in [1.82, 2.24) is 4.72 Å². The predicted octanol–water partition coefficient (Wildman–Crippen LogP) is 3.22. The van der Waals surface area contributed by atoms with Crippen LogP contribution in [0.1, 0.15) is 24.8 Å². The largest absolute Gasteiger partial charge is 0.417 e. The van der Waals surface area contributed by atoms with Gasteiger partial charge in [-0.05, 0) is 37.5 Å². The van der Waals surface area contributed by atoms with Crippen LogP contribution in [0.2, 0.25) is 5.02 Å². The van der Waals surface area contributed by atoms with Crippen LogP contribution in [0.3, 0.4) is 0 Å². The summed E-state index contributed by atoms with van der Waals surface area (Å²) in [4.78, 5) is -0.482. The Hall–Kier alpha value is -0.870. The fraction of sp³-hybridized carbons (Fsp3) is 0.600. The number of nitrogens with one attached hydrogen (secondary N) is 1. The van der Waals surface area contributed by atoms with E-state index in [-0.39, 0.29) is 12.6 Å². The first-order valence-corrected chi connectivity index (χ1v) is 9.62. The molecule has 0 saturated carbocycles. The van der Waals surface area contributed by atoms with Gasteiger partial charge in [-0.2, -0.15) is 13.2 Å². The molecule has 10 heteroatoms. The van der Waals surface area contributed by atoms with E-state index in [2.05, 4.69) is 4.72 Å². The second kappa shape index (κ2) is 8.68. The summed E-state index contributed by atoms with van der Waals surface area (Å²) in [5.41, 5.74) is -1.18. The summed E-state index contributed by atoms with van der Waals surface area (Å²) in [6.45, 7) is 1.57. The molecule has 1 aromatic rings. The molecule has 2 rings (SSSR count). The normalized spacial score (nSPS) is 18.6. The van der Waals surface area contributed by atoms with Crippen LogP contribution in [0.25, 0.3) is 0 Å². The third-order valence-corrected chi connectivity index (χ3v) is 5.43. The van der Waals surface area contributed by atoms with E-state index in [1.165, 1.54) is 0 Å². The van der Waals surface area contributed by atoms with Crippen molar-refractivity contribution in [3.05, 3.63) is 28.8 Å². The molecule has 0 amide bonds. The molecule has 0 aliphatic carbocycles. The van der Waals surface area contributed by atoms with Crippen molar-refractivity contribution in [2.45, 2.75) is 36.4 Å². The van der Waals surface area contributed by atoms with E-state index in [1.807, 2.05) is 0 Å². The molecule has 1 unspecified atom stereocenters. The van der Waals surface area contributed by atoms with Gasteiger partial charge >= 0.3 is 6.18 Å². The van der Waals surface area contributed by atoms with Gasteiger partial charge in [-0.3, -0.25) is 0 Å². The zero-order chi connectivity index (χ0) is 18.5. The van der Waals surface area contributed by atoms with Crippen LogP contribution in [0.4, 0.5) is 13.2 Å². The topological polar surface area (TPSA) is 64.6 Å². The van der Waals surface area contributed by atoms with Crippen molar-refractivity contribution in [2.75, 3.05) is 26.4 Å². The van der Waals surface area contributed by atoms with Gasteiger partial charge in [0.2, 0.25) is 10.0 Å². The quantitative estimate of drug-likeness (QED) is 0.679. The predicted molar refractivity (Wildman–Crippen MR) is 86.1 cm³/mol. The van der Waals surface area contributed by atoms with Crippen molar-refractivity contribution in [1.29, 1.82) is 0 Å². The molecule has 0 radical (unpaired) electrons. The van der Waals surface area contributed by atoms with Gasteiger partial charge in [-0.15, -0.1) is 0 Å². The first-order valence-electron chi connectivity index (χ1n) is 7.76. The fourth-order valence-corrected chi connectivity index (χ4v) is 3.67. The molecule has 1 aromatic carbocycles. The highest BCUT2D eigenvalue weighted by Crippen LogP contribution is 2.35. The Labute approximate surface area is 149 Å². The molecule has 1 heterocycles. The van der Waals surface area contributed by atoms with E-state index in [4.69, 9.17) is 21.1 Å². The van der Waals surface area contributed by atoms with Crippen LogP contribution < -0.4 is 4.72 Å². The highest BCUT2D eigenvalue weighted by Gasteiger charge is 2.34. The maximum Gasteiger partial charge on any atom is 0.417 e. The molecule has 5 nitrogen and oxygen atoms in total. The number of halogens is 4. The Morgan fingerprint density at radius 1 is 1.36 bits per heavy atom. The molecule has 1 N–H and O–H groups in total. The molecule has 1 saturated heterocycles. The maximum absolute atomic E-state index is 12.8. The van der Waals surface area contributed by atoms with Crippen LogP contribution >= 0.6 is 11.6 Å². The number of alkyl halides is 3. The number of sulfonamides is 1. The van der Waals surface area contributed by atoms with E-state index in [9.17, 15) is 21.6 Å². The second-order valence-electron chi connectivity index (χ2n) is 5.60. The van der Waals surface area contributed by atoms with Gasteiger partial charge in [0.05, 0.1) is 28.2 Å². The number of hydrogen-bond donors (Lipinski definition) is 1. The molecule has 1 fully saturated rings. The van der Waals surface area contributed by atoms with E-state index in [1.54, 1.807) is 0 Å². The zero-order valence-electron chi connectivity index (χ0n) is 13.3. The number of hydrogen-bond acceptors (Lipinski definition) is 4. The lowest BCUT2D eigenvalue weighted by Gasteiger charge is -2.12. The minimum absolute atomic E-state index is 0.0534.